The number of ether oxygens (including phenoxy) is 1. The molecule has 0 atom stereocenters. The van der Waals surface area contributed by atoms with E-state index in [-0.39, 0.29) is 30.7 Å². The lowest BCUT2D eigenvalue weighted by molar-refractivity contribution is -0.127. The molecule has 0 unspecified atom stereocenters. The Morgan fingerprint density at radius 2 is 1.80 bits per heavy atom. The summed E-state index contributed by atoms with van der Waals surface area (Å²) >= 11 is 0. The van der Waals surface area contributed by atoms with Crippen molar-refractivity contribution < 1.29 is 22.7 Å². The molecule has 1 fully saturated rings. The van der Waals surface area contributed by atoms with E-state index in [0.717, 1.165) is 6.26 Å². The average molecular weight is 368 g/mol. The van der Waals surface area contributed by atoms with Crippen molar-refractivity contribution in [3.63, 3.8) is 0 Å². The molecule has 1 heterocycles. The van der Waals surface area contributed by atoms with Crippen molar-refractivity contribution in [1.82, 2.24) is 5.32 Å². The lowest BCUT2D eigenvalue weighted by Gasteiger charge is -2.24. The van der Waals surface area contributed by atoms with Crippen LogP contribution < -0.4 is 9.62 Å². The van der Waals surface area contributed by atoms with E-state index in [9.17, 15) is 18.0 Å². The highest BCUT2D eigenvalue weighted by Crippen LogP contribution is 2.18. The number of benzene rings is 1. The monoisotopic (exact) mass is 368 g/mol. The molecule has 25 heavy (non-hydrogen) atoms. The molecular weight excluding hydrogens is 344 g/mol. The van der Waals surface area contributed by atoms with Crippen LogP contribution in [0.3, 0.4) is 0 Å². The van der Waals surface area contributed by atoms with E-state index in [1.807, 2.05) is 0 Å². The maximum absolute atomic E-state index is 12.1. The maximum Gasteiger partial charge on any atom is 0.232 e. The number of nitrogens with one attached hydrogen (secondary N) is 1. The first-order chi connectivity index (χ1) is 11.8. The summed E-state index contributed by atoms with van der Waals surface area (Å²) in [6.45, 7) is 2.96. The first kappa shape index (κ1) is 19.4. The number of amides is 1. The van der Waals surface area contributed by atoms with Crippen LogP contribution in [0.1, 0.15) is 30.1 Å². The van der Waals surface area contributed by atoms with Crippen LogP contribution in [0.4, 0.5) is 5.69 Å². The van der Waals surface area contributed by atoms with Crippen LogP contribution in [-0.4, -0.2) is 52.7 Å². The van der Waals surface area contributed by atoms with Crippen molar-refractivity contribution in [2.75, 3.05) is 36.9 Å². The molecule has 8 heteroatoms. The zero-order valence-electron chi connectivity index (χ0n) is 14.5. The first-order valence-electron chi connectivity index (χ1n) is 8.23. The average Bonchev–Trinajstić information content (AvgIpc) is 2.58. The summed E-state index contributed by atoms with van der Waals surface area (Å²) in [6, 6.07) is 6.38. The fourth-order valence-electron chi connectivity index (χ4n) is 2.73. The molecule has 0 radical (unpaired) electrons. The fraction of sp³-hybridized carbons (Fsp3) is 0.529. The molecule has 1 N–H and O–H groups in total. The zero-order valence-corrected chi connectivity index (χ0v) is 15.3. The normalized spacial score (nSPS) is 15.6. The van der Waals surface area contributed by atoms with Crippen molar-refractivity contribution in [2.45, 2.75) is 19.8 Å². The minimum Gasteiger partial charge on any atom is -0.381 e. The van der Waals surface area contributed by atoms with Crippen LogP contribution in [0.15, 0.2) is 24.3 Å². The predicted molar refractivity (Wildman–Crippen MR) is 95.2 cm³/mol. The fourth-order valence-corrected chi connectivity index (χ4v) is 3.66. The van der Waals surface area contributed by atoms with Gasteiger partial charge in [0.05, 0.1) is 18.5 Å². The summed E-state index contributed by atoms with van der Waals surface area (Å²) in [6.07, 6.45) is 2.49. The molecule has 1 aromatic carbocycles. The van der Waals surface area contributed by atoms with Gasteiger partial charge in [0.25, 0.3) is 0 Å². The van der Waals surface area contributed by atoms with Gasteiger partial charge in [-0.15, -0.1) is 0 Å². The number of hydrogen-bond donors (Lipinski definition) is 1. The Hall–Kier alpha value is -1.93. The highest BCUT2D eigenvalue weighted by Gasteiger charge is 2.22. The number of sulfonamides is 1. The van der Waals surface area contributed by atoms with E-state index in [1.54, 1.807) is 24.3 Å². The molecule has 1 aromatic rings. The number of carbonyl (C=O) groups excluding carboxylic acids is 2. The number of Topliss-reactive ketones (excluding diaryl/α,β-unsaturated/α-hetero) is 1. The molecule has 1 aliphatic rings. The Bertz CT molecular complexity index is 709. The van der Waals surface area contributed by atoms with Gasteiger partial charge in [-0.05, 0) is 44.0 Å². The summed E-state index contributed by atoms with van der Waals surface area (Å²) in [7, 11) is -3.50. The molecule has 1 saturated heterocycles. The summed E-state index contributed by atoms with van der Waals surface area (Å²) < 4.78 is 30.6. The molecule has 138 valence electrons. The second kappa shape index (κ2) is 8.44. The van der Waals surface area contributed by atoms with Crippen LogP contribution in [0, 0.1) is 5.92 Å². The van der Waals surface area contributed by atoms with Crippen LogP contribution in [0.25, 0.3) is 0 Å². The SMILES string of the molecule is CC(=O)c1ccc(N(CCNC(=O)C2CCOCC2)S(C)(=O)=O)cc1. The first-order valence-corrected chi connectivity index (χ1v) is 10.1. The van der Waals surface area contributed by atoms with E-state index in [2.05, 4.69) is 5.32 Å². The van der Waals surface area contributed by atoms with Gasteiger partial charge in [-0.2, -0.15) is 0 Å². The number of nitrogens with zero attached hydrogens (tertiary/aromatic N) is 1. The largest absolute Gasteiger partial charge is 0.381 e. The molecule has 0 saturated carbocycles. The van der Waals surface area contributed by atoms with Gasteiger partial charge in [-0.25, -0.2) is 8.42 Å². The second-order valence-corrected chi connectivity index (χ2v) is 8.02. The molecule has 1 amide bonds. The van der Waals surface area contributed by atoms with E-state index in [4.69, 9.17) is 4.74 Å². The maximum atomic E-state index is 12.1. The van der Waals surface area contributed by atoms with Crippen molar-refractivity contribution in [3.8, 4) is 0 Å². The summed E-state index contributed by atoms with van der Waals surface area (Å²) in [5.41, 5.74) is 0.984. The molecule has 1 aliphatic heterocycles. The van der Waals surface area contributed by atoms with Crippen molar-refractivity contribution in [1.29, 1.82) is 0 Å². The van der Waals surface area contributed by atoms with Crippen LogP contribution >= 0.6 is 0 Å². The minimum absolute atomic E-state index is 0.0660. The number of anilines is 1. The lowest BCUT2D eigenvalue weighted by atomic mass is 9.99. The highest BCUT2D eigenvalue weighted by molar-refractivity contribution is 7.92. The van der Waals surface area contributed by atoms with E-state index < -0.39 is 10.0 Å². The Morgan fingerprint density at radius 1 is 1.20 bits per heavy atom. The van der Waals surface area contributed by atoms with E-state index in [1.165, 1.54) is 11.2 Å². The topological polar surface area (TPSA) is 92.8 Å². The Balaban J connectivity index is 1.98. The van der Waals surface area contributed by atoms with Gasteiger partial charge >= 0.3 is 0 Å². The molecule has 7 nitrogen and oxygen atoms in total. The Labute approximate surface area is 148 Å². The van der Waals surface area contributed by atoms with Crippen molar-refractivity contribution in [3.05, 3.63) is 29.8 Å². The minimum atomic E-state index is -3.50. The quantitative estimate of drug-likeness (QED) is 0.730. The molecule has 0 spiro atoms. The third-order valence-electron chi connectivity index (χ3n) is 4.17. The van der Waals surface area contributed by atoms with Crippen LogP contribution in [0.5, 0.6) is 0 Å². The van der Waals surface area contributed by atoms with Gasteiger partial charge in [0.1, 0.15) is 0 Å². The van der Waals surface area contributed by atoms with Gasteiger partial charge in [0.15, 0.2) is 5.78 Å². The zero-order chi connectivity index (χ0) is 18.4. The lowest BCUT2D eigenvalue weighted by Crippen LogP contribution is -2.41. The van der Waals surface area contributed by atoms with Gasteiger partial charge in [0, 0.05) is 31.2 Å². The number of carbonyl (C=O) groups is 2. The second-order valence-electron chi connectivity index (χ2n) is 6.12. The van der Waals surface area contributed by atoms with Gasteiger partial charge in [-0.3, -0.25) is 13.9 Å². The highest BCUT2D eigenvalue weighted by atomic mass is 32.2. The van der Waals surface area contributed by atoms with Gasteiger partial charge in [0.2, 0.25) is 15.9 Å². The summed E-state index contributed by atoms with van der Waals surface area (Å²) in [5, 5.41) is 2.80. The molecule has 0 aliphatic carbocycles. The summed E-state index contributed by atoms with van der Waals surface area (Å²) in [4.78, 5) is 23.4. The van der Waals surface area contributed by atoms with Gasteiger partial charge in [-0.1, -0.05) is 0 Å². The summed E-state index contributed by atoms with van der Waals surface area (Å²) in [5.74, 6) is -0.222. The molecule has 0 aromatic heterocycles. The number of rotatable bonds is 7. The third-order valence-corrected chi connectivity index (χ3v) is 5.36. The third kappa shape index (κ3) is 5.54. The van der Waals surface area contributed by atoms with Gasteiger partial charge < -0.3 is 10.1 Å². The van der Waals surface area contributed by atoms with Crippen LogP contribution in [-0.2, 0) is 19.6 Å². The molecule has 0 bridgehead atoms. The standard InChI is InChI=1S/C17H24N2O5S/c1-13(20)14-3-5-16(6-4-14)19(25(2,22)23)10-9-18-17(21)15-7-11-24-12-8-15/h3-6,15H,7-12H2,1-2H3,(H,18,21). The molecule has 2 rings (SSSR count). The predicted octanol–water partition coefficient (Wildman–Crippen LogP) is 1.20. The Kier molecular flexibility index (Phi) is 6.55. The van der Waals surface area contributed by atoms with Crippen LogP contribution in [0.2, 0.25) is 0 Å². The Morgan fingerprint density at radius 3 is 2.32 bits per heavy atom. The smallest absolute Gasteiger partial charge is 0.232 e. The van der Waals surface area contributed by atoms with E-state index >= 15 is 0 Å². The van der Waals surface area contributed by atoms with Crippen molar-refractivity contribution >= 4 is 27.4 Å². The van der Waals surface area contributed by atoms with Crippen molar-refractivity contribution in [2.24, 2.45) is 5.92 Å². The number of ketones is 1. The van der Waals surface area contributed by atoms with E-state index in [0.29, 0.717) is 37.3 Å². The molecular formula is C17H24N2O5S. The number of hydrogen-bond acceptors (Lipinski definition) is 5.